The SMILES string of the molecule is CCC(N=O)(c1cccnc1)c1cc(-c2c[nH]c3ncc(-c4cnn(C)c4)cc23)nc(N)n1. The van der Waals surface area contributed by atoms with E-state index in [0.29, 0.717) is 29.0 Å². The van der Waals surface area contributed by atoms with Gasteiger partial charge in [0.05, 0.1) is 17.6 Å². The maximum Gasteiger partial charge on any atom is 0.220 e. The number of aromatic amines is 1. The van der Waals surface area contributed by atoms with Gasteiger partial charge in [-0.3, -0.25) is 9.67 Å². The third-order valence-corrected chi connectivity index (χ3v) is 5.82. The molecule has 10 heteroatoms. The number of nitrogens with two attached hydrogens (primary N) is 1. The molecule has 0 aliphatic heterocycles. The second kappa shape index (κ2) is 7.90. The maximum atomic E-state index is 12.2. The highest BCUT2D eigenvalue weighted by Crippen LogP contribution is 2.38. The predicted octanol–water partition coefficient (Wildman–Crippen LogP) is 3.82. The lowest BCUT2D eigenvalue weighted by molar-refractivity contribution is 0.500. The Kier molecular flexibility index (Phi) is 4.89. The third kappa shape index (κ3) is 3.41. The molecule has 0 fully saturated rings. The van der Waals surface area contributed by atoms with Gasteiger partial charge in [-0.2, -0.15) is 5.10 Å². The summed E-state index contributed by atoms with van der Waals surface area (Å²) < 4.78 is 1.74. The fourth-order valence-corrected chi connectivity index (χ4v) is 4.06. The smallest absolute Gasteiger partial charge is 0.220 e. The molecule has 33 heavy (non-hydrogen) atoms. The van der Waals surface area contributed by atoms with Crippen molar-refractivity contribution in [2.24, 2.45) is 12.2 Å². The topological polar surface area (TPSA) is 141 Å². The molecule has 0 spiro atoms. The summed E-state index contributed by atoms with van der Waals surface area (Å²) in [5.41, 5.74) is 9.87. The van der Waals surface area contributed by atoms with Crippen LogP contribution in [0.1, 0.15) is 24.6 Å². The molecule has 0 aromatic carbocycles. The fraction of sp³-hybridized carbons (Fsp3) is 0.174. The molecular formula is C23H21N9O. The van der Waals surface area contributed by atoms with E-state index in [2.05, 4.69) is 35.2 Å². The number of aryl methyl sites for hydroxylation is 1. The van der Waals surface area contributed by atoms with Crippen LogP contribution in [0.4, 0.5) is 5.95 Å². The van der Waals surface area contributed by atoms with Crippen LogP contribution in [-0.2, 0) is 12.6 Å². The minimum Gasteiger partial charge on any atom is -0.368 e. The molecule has 0 saturated heterocycles. The minimum atomic E-state index is -1.23. The molecule has 1 unspecified atom stereocenters. The maximum absolute atomic E-state index is 12.2. The molecular weight excluding hydrogens is 418 g/mol. The molecule has 0 amide bonds. The highest BCUT2D eigenvalue weighted by Gasteiger charge is 2.37. The van der Waals surface area contributed by atoms with E-state index in [0.717, 1.165) is 22.1 Å². The first-order valence-electron chi connectivity index (χ1n) is 10.4. The summed E-state index contributed by atoms with van der Waals surface area (Å²) >= 11 is 0. The van der Waals surface area contributed by atoms with Crippen LogP contribution >= 0.6 is 0 Å². The summed E-state index contributed by atoms with van der Waals surface area (Å²) in [5, 5.41) is 8.60. The Hall–Kier alpha value is -4.47. The van der Waals surface area contributed by atoms with Gasteiger partial charge in [-0.1, -0.05) is 18.2 Å². The molecule has 0 bridgehead atoms. The Morgan fingerprint density at radius 2 is 2.06 bits per heavy atom. The van der Waals surface area contributed by atoms with Gasteiger partial charge in [0.25, 0.3) is 0 Å². The van der Waals surface area contributed by atoms with Crippen LogP contribution in [0, 0.1) is 4.91 Å². The first kappa shape index (κ1) is 20.4. The second-order valence-corrected chi connectivity index (χ2v) is 7.77. The summed E-state index contributed by atoms with van der Waals surface area (Å²) in [6, 6.07) is 7.36. The van der Waals surface area contributed by atoms with Crippen molar-refractivity contribution in [3.63, 3.8) is 0 Å². The summed E-state index contributed by atoms with van der Waals surface area (Å²) in [7, 11) is 1.87. The number of pyridine rings is 2. The zero-order valence-electron chi connectivity index (χ0n) is 18.1. The molecule has 0 saturated carbocycles. The number of H-pyrrole nitrogens is 1. The van der Waals surface area contributed by atoms with Crippen molar-refractivity contribution in [2.45, 2.75) is 18.9 Å². The van der Waals surface area contributed by atoms with Crippen LogP contribution in [0.25, 0.3) is 33.4 Å². The highest BCUT2D eigenvalue weighted by molar-refractivity contribution is 5.95. The quantitative estimate of drug-likeness (QED) is 0.383. The number of hydrogen-bond acceptors (Lipinski definition) is 8. The number of nitroso groups, excluding NO2 is 1. The van der Waals surface area contributed by atoms with Crippen LogP contribution in [0.5, 0.6) is 0 Å². The van der Waals surface area contributed by atoms with Crippen LogP contribution < -0.4 is 5.73 Å². The number of nitrogens with zero attached hydrogens (tertiary/aromatic N) is 7. The van der Waals surface area contributed by atoms with Crippen LogP contribution in [-0.4, -0.2) is 34.7 Å². The van der Waals surface area contributed by atoms with Gasteiger partial charge in [0.1, 0.15) is 5.65 Å². The molecule has 3 N–H and O–H groups in total. The van der Waals surface area contributed by atoms with Gasteiger partial charge in [-0.25, -0.2) is 15.0 Å². The zero-order chi connectivity index (χ0) is 23.0. The summed E-state index contributed by atoms with van der Waals surface area (Å²) in [6.45, 7) is 1.88. The number of hydrogen-bond donors (Lipinski definition) is 2. The molecule has 0 aliphatic carbocycles. The van der Waals surface area contributed by atoms with Crippen molar-refractivity contribution >= 4 is 17.0 Å². The third-order valence-electron chi connectivity index (χ3n) is 5.82. The van der Waals surface area contributed by atoms with Crippen LogP contribution in [0.15, 0.2) is 66.6 Å². The average molecular weight is 439 g/mol. The van der Waals surface area contributed by atoms with E-state index in [4.69, 9.17) is 5.73 Å². The molecule has 164 valence electrons. The predicted molar refractivity (Wildman–Crippen MR) is 125 cm³/mol. The monoisotopic (exact) mass is 439 g/mol. The Bertz CT molecular complexity index is 1460. The Labute approximate surface area is 188 Å². The van der Waals surface area contributed by atoms with Crippen molar-refractivity contribution in [1.29, 1.82) is 0 Å². The number of aromatic nitrogens is 7. The Balaban J connectivity index is 1.67. The lowest BCUT2D eigenvalue weighted by Gasteiger charge is -2.25. The molecule has 1 atom stereocenters. The largest absolute Gasteiger partial charge is 0.368 e. The van der Waals surface area contributed by atoms with Crippen LogP contribution in [0.3, 0.4) is 0 Å². The molecule has 0 radical (unpaired) electrons. The Morgan fingerprint density at radius 3 is 2.76 bits per heavy atom. The van der Waals surface area contributed by atoms with Gasteiger partial charge in [0.15, 0.2) is 5.54 Å². The number of fused-ring (bicyclic) bond motifs is 1. The van der Waals surface area contributed by atoms with Crippen LogP contribution in [0.2, 0.25) is 0 Å². The van der Waals surface area contributed by atoms with E-state index in [1.54, 1.807) is 41.6 Å². The van der Waals surface area contributed by atoms with Gasteiger partial charge in [0.2, 0.25) is 5.95 Å². The lowest BCUT2D eigenvalue weighted by atomic mass is 9.85. The van der Waals surface area contributed by atoms with Gasteiger partial charge in [-0.15, -0.1) is 4.91 Å². The summed E-state index contributed by atoms with van der Waals surface area (Å²) in [6.07, 6.45) is 11.0. The highest BCUT2D eigenvalue weighted by atomic mass is 16.3. The van der Waals surface area contributed by atoms with Crippen molar-refractivity contribution in [2.75, 3.05) is 5.73 Å². The number of nitrogens with one attached hydrogen (secondary N) is 1. The number of anilines is 1. The second-order valence-electron chi connectivity index (χ2n) is 7.77. The zero-order valence-corrected chi connectivity index (χ0v) is 18.1. The summed E-state index contributed by atoms with van der Waals surface area (Å²) in [5.74, 6) is 0.0542. The first-order valence-corrected chi connectivity index (χ1v) is 10.4. The van der Waals surface area contributed by atoms with Gasteiger partial charge < -0.3 is 10.7 Å². The van der Waals surface area contributed by atoms with Gasteiger partial charge in [-0.05, 0) is 24.6 Å². The molecule has 5 rings (SSSR count). The van der Waals surface area contributed by atoms with E-state index in [9.17, 15) is 4.91 Å². The van der Waals surface area contributed by atoms with Crippen molar-refractivity contribution in [1.82, 2.24) is 34.7 Å². The van der Waals surface area contributed by atoms with E-state index < -0.39 is 5.54 Å². The molecule has 0 aliphatic rings. The minimum absolute atomic E-state index is 0.0542. The molecule has 10 nitrogen and oxygen atoms in total. The van der Waals surface area contributed by atoms with Crippen molar-refractivity contribution < 1.29 is 0 Å². The molecule has 5 aromatic rings. The van der Waals surface area contributed by atoms with E-state index in [1.165, 1.54) is 0 Å². The summed E-state index contributed by atoms with van der Waals surface area (Å²) in [4.78, 5) is 32.9. The molecule has 5 aromatic heterocycles. The number of nitrogen functional groups attached to an aromatic ring is 1. The first-order chi connectivity index (χ1) is 16.0. The Morgan fingerprint density at radius 1 is 1.18 bits per heavy atom. The van der Waals surface area contributed by atoms with E-state index in [1.807, 2.05) is 38.5 Å². The lowest BCUT2D eigenvalue weighted by Crippen LogP contribution is -2.26. The normalized spacial score (nSPS) is 13.2. The van der Waals surface area contributed by atoms with Gasteiger partial charge in [0, 0.05) is 65.7 Å². The van der Waals surface area contributed by atoms with Crippen molar-refractivity contribution in [3.05, 3.63) is 77.6 Å². The molecule has 5 heterocycles. The van der Waals surface area contributed by atoms with Gasteiger partial charge >= 0.3 is 0 Å². The fourth-order valence-electron chi connectivity index (χ4n) is 4.06. The van der Waals surface area contributed by atoms with Crippen molar-refractivity contribution in [3.8, 4) is 22.4 Å². The standard InChI is InChI=1S/C23H21N9O/c1-3-23(31-33,16-5-4-6-25-11-16)20-8-19(29-22(24)30-20)18-12-27-21-17(18)7-14(9-26-21)15-10-28-32(2)13-15/h4-13H,3H2,1-2H3,(H,26,27)(H2,24,29,30). The van der Waals surface area contributed by atoms with E-state index >= 15 is 0 Å². The van der Waals surface area contributed by atoms with E-state index in [-0.39, 0.29) is 5.95 Å². The number of rotatable bonds is 6. The average Bonchev–Trinajstić information content (AvgIpc) is 3.46.